The summed E-state index contributed by atoms with van der Waals surface area (Å²) in [6, 6.07) is 19.3. The lowest BCUT2D eigenvalue weighted by Crippen LogP contribution is -2.11. The Bertz CT molecular complexity index is 889. The number of hydrogen-bond acceptors (Lipinski definition) is 2. The normalized spacial score (nSPS) is 11.3. The quantitative estimate of drug-likeness (QED) is 0.187. The molecule has 0 unspecified atom stereocenters. The van der Waals surface area contributed by atoms with E-state index in [0.29, 0.717) is 16.2 Å². The van der Waals surface area contributed by atoms with Gasteiger partial charge in [0.25, 0.3) is 0 Å². The average molecular weight is 409 g/mol. The standard InChI is InChI=1S/C26H29ClO2/c1-4-7-14-20(5-2)19-23(21-15-10-8-11-16-21)24(26(28)29-6-3)25(27)22-17-12-9-13-18-22/h8-13,15-18H,4-7,14H2,1-3H3/b25-24+. The monoisotopic (exact) mass is 408 g/mol. The highest BCUT2D eigenvalue weighted by atomic mass is 35.5. The largest absolute Gasteiger partial charge is 0.462 e. The first-order chi connectivity index (χ1) is 14.1. The fraction of sp³-hybridized carbons (Fsp3) is 0.308. The van der Waals surface area contributed by atoms with Crippen molar-refractivity contribution < 1.29 is 9.53 Å². The number of benzene rings is 2. The maximum atomic E-state index is 13.0. The van der Waals surface area contributed by atoms with Gasteiger partial charge in [-0.15, -0.1) is 5.73 Å². The fourth-order valence-electron chi connectivity index (χ4n) is 3.01. The molecular formula is C26H29ClO2. The van der Waals surface area contributed by atoms with E-state index in [-0.39, 0.29) is 6.61 Å². The van der Waals surface area contributed by atoms with Gasteiger partial charge in [0, 0.05) is 5.57 Å². The topological polar surface area (TPSA) is 26.3 Å². The van der Waals surface area contributed by atoms with Gasteiger partial charge in [-0.3, -0.25) is 0 Å². The van der Waals surface area contributed by atoms with Crippen LogP contribution in [0.15, 0.2) is 77.5 Å². The predicted octanol–water partition coefficient (Wildman–Crippen LogP) is 7.41. The van der Waals surface area contributed by atoms with Crippen molar-refractivity contribution in [2.75, 3.05) is 6.61 Å². The Labute approximate surface area is 179 Å². The van der Waals surface area contributed by atoms with Crippen LogP contribution in [0.2, 0.25) is 0 Å². The molecule has 2 nitrogen and oxygen atoms in total. The van der Waals surface area contributed by atoms with Gasteiger partial charge >= 0.3 is 5.97 Å². The van der Waals surface area contributed by atoms with Gasteiger partial charge in [0.15, 0.2) is 0 Å². The van der Waals surface area contributed by atoms with Crippen LogP contribution in [0.5, 0.6) is 0 Å². The van der Waals surface area contributed by atoms with Gasteiger partial charge in [0.05, 0.1) is 17.2 Å². The average Bonchev–Trinajstić information content (AvgIpc) is 2.77. The highest BCUT2D eigenvalue weighted by Crippen LogP contribution is 2.34. The molecule has 0 aromatic heterocycles. The molecule has 0 N–H and O–H groups in total. The molecule has 0 aliphatic rings. The minimum Gasteiger partial charge on any atom is -0.462 e. The smallest absolute Gasteiger partial charge is 0.340 e. The molecule has 2 aromatic carbocycles. The summed E-state index contributed by atoms with van der Waals surface area (Å²) in [5, 5.41) is 0.376. The minimum absolute atomic E-state index is 0.281. The van der Waals surface area contributed by atoms with Crippen molar-refractivity contribution in [3.05, 3.63) is 88.7 Å². The molecule has 0 spiro atoms. The van der Waals surface area contributed by atoms with Gasteiger partial charge in [-0.2, -0.15) is 0 Å². The maximum absolute atomic E-state index is 13.0. The van der Waals surface area contributed by atoms with Crippen LogP contribution >= 0.6 is 11.6 Å². The molecule has 0 aliphatic carbocycles. The molecule has 0 fully saturated rings. The Balaban J connectivity index is 2.81. The van der Waals surface area contributed by atoms with Crippen molar-refractivity contribution >= 4 is 28.2 Å². The van der Waals surface area contributed by atoms with E-state index >= 15 is 0 Å². The van der Waals surface area contributed by atoms with Gasteiger partial charge in [-0.25, -0.2) is 4.79 Å². The van der Waals surface area contributed by atoms with Crippen LogP contribution in [0.3, 0.4) is 0 Å². The van der Waals surface area contributed by atoms with E-state index in [9.17, 15) is 4.79 Å². The second-order valence-corrected chi connectivity index (χ2v) is 7.08. The molecule has 29 heavy (non-hydrogen) atoms. The van der Waals surface area contributed by atoms with Crippen LogP contribution in [0.4, 0.5) is 0 Å². The van der Waals surface area contributed by atoms with E-state index in [1.165, 1.54) is 5.57 Å². The van der Waals surface area contributed by atoms with E-state index in [0.717, 1.165) is 36.8 Å². The number of unbranched alkanes of at least 4 members (excludes halogenated alkanes) is 1. The van der Waals surface area contributed by atoms with E-state index in [1.54, 1.807) is 6.92 Å². The fourth-order valence-corrected chi connectivity index (χ4v) is 3.31. The molecule has 0 atom stereocenters. The van der Waals surface area contributed by atoms with E-state index < -0.39 is 5.97 Å². The van der Waals surface area contributed by atoms with E-state index in [4.69, 9.17) is 16.3 Å². The number of esters is 1. The summed E-state index contributed by atoms with van der Waals surface area (Å²) in [7, 11) is 0. The maximum Gasteiger partial charge on any atom is 0.340 e. The third-order valence-electron chi connectivity index (χ3n) is 4.60. The highest BCUT2D eigenvalue weighted by molar-refractivity contribution is 6.52. The Morgan fingerprint density at radius 2 is 1.52 bits per heavy atom. The molecule has 0 saturated carbocycles. The summed E-state index contributed by atoms with van der Waals surface area (Å²) in [6.45, 7) is 6.37. The third-order valence-corrected chi connectivity index (χ3v) is 5.01. The van der Waals surface area contributed by atoms with Crippen molar-refractivity contribution in [2.45, 2.75) is 46.5 Å². The molecule has 2 rings (SSSR count). The van der Waals surface area contributed by atoms with Crippen LogP contribution in [0.25, 0.3) is 10.6 Å². The molecular weight excluding hydrogens is 380 g/mol. The second-order valence-electron chi connectivity index (χ2n) is 6.70. The molecule has 2 aromatic rings. The molecule has 152 valence electrons. The zero-order chi connectivity index (χ0) is 21.1. The Morgan fingerprint density at radius 3 is 2.03 bits per heavy atom. The summed E-state index contributed by atoms with van der Waals surface area (Å²) in [4.78, 5) is 13.0. The van der Waals surface area contributed by atoms with Gasteiger partial charge < -0.3 is 4.74 Å². The van der Waals surface area contributed by atoms with Crippen LogP contribution in [-0.4, -0.2) is 12.6 Å². The van der Waals surface area contributed by atoms with Crippen molar-refractivity contribution in [3.8, 4) is 0 Å². The number of carbonyl (C=O) groups is 1. The Morgan fingerprint density at radius 1 is 0.931 bits per heavy atom. The van der Waals surface area contributed by atoms with Crippen LogP contribution in [0, 0.1) is 0 Å². The number of rotatable bonds is 9. The van der Waals surface area contributed by atoms with Crippen LogP contribution < -0.4 is 0 Å². The Hall–Kier alpha value is -2.54. The lowest BCUT2D eigenvalue weighted by atomic mass is 9.94. The van der Waals surface area contributed by atoms with E-state index in [2.05, 4.69) is 19.6 Å². The summed E-state index contributed by atoms with van der Waals surface area (Å²) in [5.41, 5.74) is 7.42. The first-order valence-corrected chi connectivity index (χ1v) is 10.7. The number of hydrogen-bond donors (Lipinski definition) is 0. The summed E-state index contributed by atoms with van der Waals surface area (Å²) >= 11 is 6.79. The zero-order valence-electron chi connectivity index (χ0n) is 17.5. The molecule has 0 saturated heterocycles. The number of halogens is 1. The lowest BCUT2D eigenvalue weighted by Gasteiger charge is -2.14. The van der Waals surface area contributed by atoms with Crippen LogP contribution in [-0.2, 0) is 9.53 Å². The first-order valence-electron chi connectivity index (χ1n) is 10.3. The summed E-state index contributed by atoms with van der Waals surface area (Å²) < 4.78 is 5.39. The summed E-state index contributed by atoms with van der Waals surface area (Å²) in [5.74, 6) is -0.432. The molecule has 0 radical (unpaired) electrons. The predicted molar refractivity (Wildman–Crippen MR) is 123 cm³/mol. The van der Waals surface area contributed by atoms with E-state index in [1.807, 2.05) is 60.7 Å². The van der Waals surface area contributed by atoms with Gasteiger partial charge in [0.2, 0.25) is 0 Å². The highest BCUT2D eigenvalue weighted by Gasteiger charge is 2.23. The van der Waals surface area contributed by atoms with Gasteiger partial charge in [-0.05, 0) is 42.9 Å². The minimum atomic E-state index is -0.432. The number of carbonyl (C=O) groups excluding carboxylic acids is 1. The lowest BCUT2D eigenvalue weighted by molar-refractivity contribution is -0.137. The molecule has 3 heteroatoms. The van der Waals surface area contributed by atoms with Gasteiger partial charge in [0.1, 0.15) is 0 Å². The molecule has 0 aliphatic heterocycles. The van der Waals surface area contributed by atoms with Crippen molar-refractivity contribution in [1.29, 1.82) is 0 Å². The van der Waals surface area contributed by atoms with Crippen molar-refractivity contribution in [1.82, 2.24) is 0 Å². The molecule has 0 heterocycles. The second kappa shape index (κ2) is 12.1. The zero-order valence-corrected chi connectivity index (χ0v) is 18.3. The molecule has 0 bridgehead atoms. The third kappa shape index (κ3) is 6.49. The van der Waals surface area contributed by atoms with Gasteiger partial charge in [-0.1, -0.05) is 92.5 Å². The first kappa shape index (κ1) is 22.7. The number of ether oxygens (including phenoxy) is 1. The SMILES string of the molecule is CCCCC(=C=C(/C(C(=O)OCC)=C(\Cl)c1ccccc1)c1ccccc1)CC. The summed E-state index contributed by atoms with van der Waals surface area (Å²) in [6.07, 6.45) is 4.01. The Kier molecular flexibility index (Phi) is 9.50. The molecule has 0 amide bonds. The van der Waals surface area contributed by atoms with Crippen molar-refractivity contribution in [3.63, 3.8) is 0 Å². The van der Waals surface area contributed by atoms with Crippen molar-refractivity contribution in [2.24, 2.45) is 0 Å². The van der Waals surface area contributed by atoms with Crippen LogP contribution in [0.1, 0.15) is 57.6 Å².